The van der Waals surface area contributed by atoms with E-state index in [1.165, 1.54) is 18.1 Å². The van der Waals surface area contributed by atoms with Gasteiger partial charge >= 0.3 is 5.97 Å². The molecule has 1 aliphatic heterocycles. The van der Waals surface area contributed by atoms with Gasteiger partial charge in [-0.3, -0.25) is 14.5 Å². The maximum absolute atomic E-state index is 14.9. The van der Waals surface area contributed by atoms with Gasteiger partial charge in [-0.05, 0) is 25.1 Å². The van der Waals surface area contributed by atoms with Gasteiger partial charge in [0, 0.05) is 12.7 Å². The van der Waals surface area contributed by atoms with Crippen molar-refractivity contribution in [1.29, 1.82) is 0 Å². The first kappa shape index (κ1) is 20.0. The number of anilines is 1. The molecular formula is C22H22FN3O4. The van der Waals surface area contributed by atoms with Gasteiger partial charge in [0.2, 0.25) is 11.9 Å². The van der Waals surface area contributed by atoms with E-state index in [2.05, 4.69) is 4.98 Å². The molecule has 156 valence electrons. The molecule has 0 spiro atoms. The fourth-order valence-electron chi connectivity index (χ4n) is 3.94. The highest BCUT2D eigenvalue weighted by Crippen LogP contribution is 2.41. The Morgan fingerprint density at radius 1 is 1.17 bits per heavy atom. The third-order valence-corrected chi connectivity index (χ3v) is 5.23. The van der Waals surface area contributed by atoms with Gasteiger partial charge in [0.25, 0.3) is 0 Å². The summed E-state index contributed by atoms with van der Waals surface area (Å²) in [6.07, 6.45) is 0. The molecule has 0 radical (unpaired) electrons. The fraction of sp³-hybridized carbons (Fsp3) is 0.318. The number of aromatic nitrogens is 2. The SMILES string of the molecule is CCOC(=O)[C@@H]1C(=O)N(CCOC)c2nc3ccccc3n2[C@@H]1c1ccccc1F. The second-order valence-corrected chi connectivity index (χ2v) is 6.95. The monoisotopic (exact) mass is 411 g/mol. The number of ether oxygens (including phenoxy) is 2. The zero-order valence-corrected chi connectivity index (χ0v) is 16.7. The Hall–Kier alpha value is -3.26. The zero-order valence-electron chi connectivity index (χ0n) is 16.7. The Labute approximate surface area is 173 Å². The topological polar surface area (TPSA) is 73.7 Å². The van der Waals surface area contributed by atoms with Gasteiger partial charge in [-0.25, -0.2) is 9.37 Å². The first-order valence-electron chi connectivity index (χ1n) is 9.76. The standard InChI is InChI=1S/C22H22FN3O4/c1-3-30-21(28)18-19(14-8-4-5-9-15(14)23)26-17-11-7-6-10-16(17)24-22(26)25(20(18)27)12-13-29-2/h4-11,18-19H,3,12-13H2,1-2H3/t18-,19+/m0/s1. The summed E-state index contributed by atoms with van der Waals surface area (Å²) < 4.78 is 27.0. The Morgan fingerprint density at radius 2 is 1.90 bits per heavy atom. The number of imidazole rings is 1. The number of halogens is 1. The smallest absolute Gasteiger partial charge is 0.321 e. The van der Waals surface area contributed by atoms with Crippen molar-refractivity contribution in [3.05, 3.63) is 59.9 Å². The van der Waals surface area contributed by atoms with Crippen LogP contribution in [0.1, 0.15) is 18.5 Å². The summed E-state index contributed by atoms with van der Waals surface area (Å²) >= 11 is 0. The van der Waals surface area contributed by atoms with Crippen LogP contribution < -0.4 is 4.90 Å². The molecule has 0 bridgehead atoms. The van der Waals surface area contributed by atoms with E-state index in [9.17, 15) is 14.0 Å². The molecule has 30 heavy (non-hydrogen) atoms. The molecule has 1 aliphatic rings. The molecule has 1 aromatic heterocycles. The summed E-state index contributed by atoms with van der Waals surface area (Å²) in [7, 11) is 1.53. The number of nitrogens with zero attached hydrogens (tertiary/aromatic N) is 3. The van der Waals surface area contributed by atoms with E-state index in [-0.39, 0.29) is 25.3 Å². The van der Waals surface area contributed by atoms with Gasteiger partial charge in [0.15, 0.2) is 5.92 Å². The number of carbonyl (C=O) groups excluding carboxylic acids is 2. The first-order valence-corrected chi connectivity index (χ1v) is 9.76. The lowest BCUT2D eigenvalue weighted by Gasteiger charge is -2.37. The van der Waals surface area contributed by atoms with Gasteiger partial charge in [-0.2, -0.15) is 0 Å². The Kier molecular flexibility index (Phi) is 5.50. The van der Waals surface area contributed by atoms with Crippen molar-refractivity contribution in [3.8, 4) is 0 Å². The van der Waals surface area contributed by atoms with Gasteiger partial charge < -0.3 is 14.0 Å². The number of hydrogen-bond donors (Lipinski definition) is 0. The minimum absolute atomic E-state index is 0.113. The molecule has 2 heterocycles. The molecule has 8 heteroatoms. The van der Waals surface area contributed by atoms with E-state index in [1.54, 1.807) is 29.7 Å². The van der Waals surface area contributed by atoms with Crippen LogP contribution in [0.3, 0.4) is 0 Å². The van der Waals surface area contributed by atoms with Crippen LogP contribution >= 0.6 is 0 Å². The third-order valence-electron chi connectivity index (χ3n) is 5.23. The van der Waals surface area contributed by atoms with Gasteiger partial charge in [0.05, 0.1) is 36.8 Å². The molecule has 0 fully saturated rings. The second kappa shape index (κ2) is 8.23. The highest BCUT2D eigenvalue weighted by atomic mass is 19.1. The quantitative estimate of drug-likeness (QED) is 0.461. The van der Waals surface area contributed by atoms with Crippen molar-refractivity contribution in [3.63, 3.8) is 0 Å². The highest BCUT2D eigenvalue weighted by molar-refractivity contribution is 6.08. The highest BCUT2D eigenvalue weighted by Gasteiger charge is 2.48. The molecule has 4 rings (SSSR count). The van der Waals surface area contributed by atoms with Crippen molar-refractivity contribution in [2.75, 3.05) is 31.8 Å². The molecule has 2 atom stereocenters. The lowest BCUT2D eigenvalue weighted by molar-refractivity contribution is -0.153. The largest absolute Gasteiger partial charge is 0.465 e. The summed E-state index contributed by atoms with van der Waals surface area (Å²) in [5.74, 6) is -2.57. The number of hydrogen-bond acceptors (Lipinski definition) is 5. The molecule has 7 nitrogen and oxygen atoms in total. The van der Waals surface area contributed by atoms with Crippen LogP contribution in [0, 0.1) is 11.7 Å². The van der Waals surface area contributed by atoms with Crippen molar-refractivity contribution < 1.29 is 23.5 Å². The van der Waals surface area contributed by atoms with Crippen LogP contribution in [-0.4, -0.2) is 48.3 Å². The minimum Gasteiger partial charge on any atom is -0.465 e. The number of carbonyl (C=O) groups is 2. The molecule has 3 aromatic rings. The Balaban J connectivity index is 2.00. The van der Waals surface area contributed by atoms with Crippen LogP contribution in [0.15, 0.2) is 48.5 Å². The van der Waals surface area contributed by atoms with Crippen molar-refractivity contribution in [2.24, 2.45) is 5.92 Å². The van der Waals surface area contributed by atoms with E-state index in [1.807, 2.05) is 24.3 Å². The summed E-state index contributed by atoms with van der Waals surface area (Å²) in [6.45, 7) is 2.25. The lowest BCUT2D eigenvalue weighted by Crippen LogP contribution is -2.51. The van der Waals surface area contributed by atoms with Crippen molar-refractivity contribution in [1.82, 2.24) is 9.55 Å². The first-order chi connectivity index (χ1) is 14.6. The number of rotatable bonds is 6. The van der Waals surface area contributed by atoms with Crippen molar-refractivity contribution >= 4 is 28.9 Å². The van der Waals surface area contributed by atoms with E-state index in [4.69, 9.17) is 9.47 Å². The molecule has 2 aromatic carbocycles. The second-order valence-electron chi connectivity index (χ2n) is 6.95. The predicted molar refractivity (Wildman–Crippen MR) is 109 cm³/mol. The van der Waals surface area contributed by atoms with Gasteiger partial charge in [-0.15, -0.1) is 0 Å². The number of para-hydroxylation sites is 2. The van der Waals surface area contributed by atoms with Crippen molar-refractivity contribution in [2.45, 2.75) is 13.0 Å². The number of esters is 1. The van der Waals surface area contributed by atoms with E-state index < -0.39 is 29.7 Å². The molecule has 0 saturated heterocycles. The predicted octanol–water partition coefficient (Wildman–Crippen LogP) is 2.94. The summed E-state index contributed by atoms with van der Waals surface area (Å²) in [5, 5.41) is 0. The number of fused-ring (bicyclic) bond motifs is 3. The molecule has 0 unspecified atom stereocenters. The molecule has 1 amide bonds. The van der Waals surface area contributed by atoms with Crippen LogP contribution in [0.25, 0.3) is 11.0 Å². The summed E-state index contributed by atoms with van der Waals surface area (Å²) in [6, 6.07) is 12.6. The van der Waals surface area contributed by atoms with Gasteiger partial charge in [-0.1, -0.05) is 30.3 Å². The van der Waals surface area contributed by atoms with E-state index >= 15 is 0 Å². The minimum atomic E-state index is -1.25. The number of benzene rings is 2. The van der Waals surface area contributed by atoms with Crippen LogP contribution in [0.4, 0.5) is 10.3 Å². The number of amides is 1. The Bertz CT molecular complexity index is 1100. The zero-order chi connectivity index (χ0) is 21.3. The summed E-state index contributed by atoms with van der Waals surface area (Å²) in [4.78, 5) is 32.4. The van der Waals surface area contributed by atoms with Crippen LogP contribution in [0.5, 0.6) is 0 Å². The van der Waals surface area contributed by atoms with E-state index in [0.717, 1.165) is 0 Å². The maximum atomic E-state index is 14.9. The average molecular weight is 411 g/mol. The molecule has 0 aliphatic carbocycles. The molecule has 0 saturated carbocycles. The lowest BCUT2D eigenvalue weighted by atomic mass is 9.89. The van der Waals surface area contributed by atoms with Gasteiger partial charge in [0.1, 0.15) is 5.82 Å². The fourth-order valence-corrected chi connectivity index (χ4v) is 3.94. The third kappa shape index (κ3) is 3.23. The van der Waals surface area contributed by atoms with Crippen LogP contribution in [-0.2, 0) is 19.1 Å². The Morgan fingerprint density at radius 3 is 2.63 bits per heavy atom. The molecular weight excluding hydrogens is 389 g/mol. The normalized spacial score (nSPS) is 18.5. The molecule has 0 N–H and O–H groups in total. The van der Waals surface area contributed by atoms with E-state index in [0.29, 0.717) is 17.0 Å². The average Bonchev–Trinajstić information content (AvgIpc) is 3.12. The maximum Gasteiger partial charge on any atom is 0.321 e. The van der Waals surface area contributed by atoms with Crippen LogP contribution in [0.2, 0.25) is 0 Å². The summed E-state index contributed by atoms with van der Waals surface area (Å²) in [5.41, 5.74) is 1.58. The number of methoxy groups -OCH3 is 1.